The van der Waals surface area contributed by atoms with Gasteiger partial charge in [0, 0.05) is 6.04 Å². The molecule has 2 aliphatic carbocycles. The van der Waals surface area contributed by atoms with Crippen molar-refractivity contribution in [2.75, 3.05) is 6.54 Å². The minimum absolute atomic E-state index is 0.580. The highest BCUT2D eigenvalue weighted by Gasteiger charge is 2.40. The van der Waals surface area contributed by atoms with Gasteiger partial charge in [0.1, 0.15) is 0 Å². The molecule has 1 N–H and O–H groups in total. The van der Waals surface area contributed by atoms with E-state index in [9.17, 15) is 0 Å². The van der Waals surface area contributed by atoms with Crippen LogP contribution >= 0.6 is 0 Å². The summed E-state index contributed by atoms with van der Waals surface area (Å²) in [5.41, 5.74) is 0.580. The first kappa shape index (κ1) is 12.4. The minimum atomic E-state index is 0.580. The van der Waals surface area contributed by atoms with Crippen LogP contribution in [0.3, 0.4) is 0 Å². The summed E-state index contributed by atoms with van der Waals surface area (Å²) in [5, 5.41) is 3.78. The van der Waals surface area contributed by atoms with E-state index >= 15 is 0 Å². The van der Waals surface area contributed by atoms with Crippen LogP contribution in [0.4, 0.5) is 0 Å². The van der Waals surface area contributed by atoms with Crippen LogP contribution in [0, 0.1) is 17.3 Å². The smallest absolute Gasteiger partial charge is 0.0103 e. The van der Waals surface area contributed by atoms with Gasteiger partial charge in [0.05, 0.1) is 0 Å². The predicted molar refractivity (Wildman–Crippen MR) is 70.5 cm³/mol. The molecule has 0 radical (unpaired) electrons. The summed E-state index contributed by atoms with van der Waals surface area (Å²) in [6, 6.07) is 0.799. The molecule has 0 saturated heterocycles. The van der Waals surface area contributed by atoms with Crippen molar-refractivity contribution in [1.29, 1.82) is 0 Å². The van der Waals surface area contributed by atoms with Crippen LogP contribution in [0.5, 0.6) is 0 Å². The molecule has 16 heavy (non-hydrogen) atoms. The Balaban J connectivity index is 1.94. The van der Waals surface area contributed by atoms with Crippen LogP contribution in [0.1, 0.15) is 65.7 Å². The molecule has 1 nitrogen and oxygen atoms in total. The average Bonchev–Trinajstić information content (AvgIpc) is 2.50. The van der Waals surface area contributed by atoms with Crippen molar-refractivity contribution in [1.82, 2.24) is 5.32 Å². The lowest BCUT2D eigenvalue weighted by Gasteiger charge is -2.38. The normalized spacial score (nSPS) is 31.3. The molecule has 0 heterocycles. The molecule has 0 aliphatic heterocycles. The predicted octanol–water partition coefficient (Wildman–Crippen LogP) is 3.98. The van der Waals surface area contributed by atoms with Crippen molar-refractivity contribution < 1.29 is 0 Å². The largest absolute Gasteiger partial charge is 0.314 e. The van der Waals surface area contributed by atoms with Gasteiger partial charge in [0.15, 0.2) is 0 Å². The van der Waals surface area contributed by atoms with E-state index < -0.39 is 0 Å². The molecule has 2 aliphatic rings. The van der Waals surface area contributed by atoms with E-state index in [1.807, 2.05) is 0 Å². The van der Waals surface area contributed by atoms with Gasteiger partial charge in [-0.25, -0.2) is 0 Å². The number of rotatable bonds is 5. The van der Waals surface area contributed by atoms with Gasteiger partial charge in [0.2, 0.25) is 0 Å². The molecular formula is C15H29N. The lowest BCUT2D eigenvalue weighted by atomic mass is 9.72. The van der Waals surface area contributed by atoms with E-state index in [0.717, 1.165) is 24.4 Å². The average molecular weight is 223 g/mol. The van der Waals surface area contributed by atoms with Crippen molar-refractivity contribution in [2.24, 2.45) is 17.3 Å². The fraction of sp³-hybridized carbons (Fsp3) is 1.00. The van der Waals surface area contributed by atoms with Crippen LogP contribution in [0.25, 0.3) is 0 Å². The molecule has 0 amide bonds. The zero-order valence-electron chi connectivity index (χ0n) is 11.4. The molecule has 2 rings (SSSR count). The van der Waals surface area contributed by atoms with Crippen LogP contribution in [-0.4, -0.2) is 12.6 Å². The maximum absolute atomic E-state index is 3.78. The molecule has 2 atom stereocenters. The van der Waals surface area contributed by atoms with Gasteiger partial charge in [-0.1, -0.05) is 46.5 Å². The quantitative estimate of drug-likeness (QED) is 0.743. The van der Waals surface area contributed by atoms with Crippen molar-refractivity contribution >= 4 is 0 Å². The van der Waals surface area contributed by atoms with Crippen molar-refractivity contribution in [3.05, 3.63) is 0 Å². The van der Waals surface area contributed by atoms with Crippen LogP contribution in [0.15, 0.2) is 0 Å². The maximum atomic E-state index is 3.78. The van der Waals surface area contributed by atoms with Gasteiger partial charge in [-0.3, -0.25) is 0 Å². The van der Waals surface area contributed by atoms with Crippen LogP contribution in [0.2, 0.25) is 0 Å². The molecule has 0 bridgehead atoms. The minimum Gasteiger partial charge on any atom is -0.314 e. The Kier molecular flexibility index (Phi) is 3.94. The molecule has 94 valence electrons. The van der Waals surface area contributed by atoms with Crippen LogP contribution < -0.4 is 5.32 Å². The molecule has 1 heteroatoms. The van der Waals surface area contributed by atoms with E-state index in [1.165, 1.54) is 44.9 Å². The van der Waals surface area contributed by atoms with Crippen molar-refractivity contribution in [3.63, 3.8) is 0 Å². The maximum Gasteiger partial charge on any atom is 0.0103 e. The Labute approximate surface area is 101 Å². The third kappa shape index (κ3) is 2.61. The first-order chi connectivity index (χ1) is 7.63. The third-order valence-electron chi connectivity index (χ3n) is 5.10. The zero-order chi connectivity index (χ0) is 11.6. The SMILES string of the molecule is CCNC(CC1CCC1)C1CCCC1(C)C. The summed E-state index contributed by atoms with van der Waals surface area (Å²) < 4.78 is 0. The third-order valence-corrected chi connectivity index (χ3v) is 5.10. The second-order valence-corrected chi connectivity index (χ2v) is 6.68. The van der Waals surface area contributed by atoms with E-state index in [1.54, 1.807) is 0 Å². The highest BCUT2D eigenvalue weighted by Crippen LogP contribution is 2.46. The highest BCUT2D eigenvalue weighted by molar-refractivity contribution is 4.93. The second-order valence-electron chi connectivity index (χ2n) is 6.68. The summed E-state index contributed by atoms with van der Waals surface area (Å²) in [6.45, 7) is 8.37. The Hall–Kier alpha value is -0.0400. The second kappa shape index (κ2) is 5.08. The molecule has 2 saturated carbocycles. The monoisotopic (exact) mass is 223 g/mol. The Morgan fingerprint density at radius 3 is 2.38 bits per heavy atom. The highest BCUT2D eigenvalue weighted by atomic mass is 14.9. The molecule has 0 aromatic rings. The van der Waals surface area contributed by atoms with Gasteiger partial charge in [0.25, 0.3) is 0 Å². The summed E-state index contributed by atoms with van der Waals surface area (Å²) in [7, 11) is 0. The molecule has 0 aromatic heterocycles. The fourth-order valence-corrected chi connectivity index (χ4v) is 3.84. The van der Waals surface area contributed by atoms with Crippen molar-refractivity contribution in [2.45, 2.75) is 71.8 Å². The lowest BCUT2D eigenvalue weighted by molar-refractivity contribution is 0.154. The molecular weight excluding hydrogens is 194 g/mol. The van der Waals surface area contributed by atoms with Crippen molar-refractivity contribution in [3.8, 4) is 0 Å². The topological polar surface area (TPSA) is 12.0 Å². The van der Waals surface area contributed by atoms with Gasteiger partial charge < -0.3 is 5.32 Å². The molecule has 0 spiro atoms. The van der Waals surface area contributed by atoms with Crippen LogP contribution in [-0.2, 0) is 0 Å². The Morgan fingerprint density at radius 2 is 1.94 bits per heavy atom. The van der Waals surface area contributed by atoms with E-state index in [0.29, 0.717) is 5.41 Å². The Morgan fingerprint density at radius 1 is 1.19 bits per heavy atom. The zero-order valence-corrected chi connectivity index (χ0v) is 11.4. The lowest BCUT2D eigenvalue weighted by Crippen LogP contribution is -2.42. The summed E-state index contributed by atoms with van der Waals surface area (Å²) in [5.74, 6) is 1.97. The van der Waals surface area contributed by atoms with Gasteiger partial charge >= 0.3 is 0 Å². The Bertz CT molecular complexity index is 217. The van der Waals surface area contributed by atoms with E-state index in [4.69, 9.17) is 0 Å². The summed E-state index contributed by atoms with van der Waals surface area (Å²) in [4.78, 5) is 0. The summed E-state index contributed by atoms with van der Waals surface area (Å²) in [6.07, 6.45) is 10.3. The first-order valence-electron chi connectivity index (χ1n) is 7.37. The van der Waals surface area contributed by atoms with E-state index in [-0.39, 0.29) is 0 Å². The van der Waals surface area contributed by atoms with E-state index in [2.05, 4.69) is 26.1 Å². The molecule has 2 unspecified atom stereocenters. The number of hydrogen-bond acceptors (Lipinski definition) is 1. The fourth-order valence-electron chi connectivity index (χ4n) is 3.84. The van der Waals surface area contributed by atoms with Gasteiger partial charge in [-0.05, 0) is 43.1 Å². The van der Waals surface area contributed by atoms with Gasteiger partial charge in [-0.15, -0.1) is 0 Å². The summed E-state index contributed by atoms with van der Waals surface area (Å²) >= 11 is 0. The molecule has 0 aromatic carbocycles. The van der Waals surface area contributed by atoms with Gasteiger partial charge in [-0.2, -0.15) is 0 Å². The number of hydrogen-bond donors (Lipinski definition) is 1. The molecule has 2 fully saturated rings. The number of nitrogens with one attached hydrogen (secondary N) is 1. The first-order valence-corrected chi connectivity index (χ1v) is 7.37. The standard InChI is InChI=1S/C15H29N/c1-4-16-14(11-12-7-5-8-12)13-9-6-10-15(13,2)3/h12-14,16H,4-11H2,1-3H3.